The molecule has 1 N–H and O–H groups in total. The van der Waals surface area contributed by atoms with Crippen LogP contribution >= 0.6 is 23.2 Å². The van der Waals surface area contributed by atoms with Gasteiger partial charge in [0.15, 0.2) is 5.82 Å². The molecule has 54 heavy (non-hydrogen) atoms. The Morgan fingerprint density at radius 2 is 1.96 bits per heavy atom. The third-order valence-electron chi connectivity index (χ3n) is 12.8. The summed E-state index contributed by atoms with van der Waals surface area (Å²) in [6.07, 6.45) is 6.30. The first-order valence-corrected chi connectivity index (χ1v) is 19.8. The Kier molecular flexibility index (Phi) is 8.10. The highest BCUT2D eigenvalue weighted by Crippen LogP contribution is 2.54. The van der Waals surface area contributed by atoms with Crippen LogP contribution in [0.5, 0.6) is 5.88 Å². The van der Waals surface area contributed by atoms with Crippen molar-refractivity contribution in [3.8, 4) is 23.1 Å². The number of pyridine rings is 2. The number of nitrogens with one attached hydrogen (secondary N) is 1. The Morgan fingerprint density at radius 3 is 2.67 bits per heavy atom. The zero-order valence-corrected chi connectivity index (χ0v) is 31.7. The molecular formula is C42H40Cl2FN7O2. The molecule has 7 heterocycles. The first-order valence-electron chi connectivity index (χ1n) is 19.0. The number of fused-ring (bicyclic) bond motifs is 6. The lowest BCUT2D eigenvalue weighted by atomic mass is 9.79. The molecular weight excluding hydrogens is 724 g/mol. The molecule has 9 nitrogen and oxygen atoms in total. The normalized spacial score (nSPS) is 25.7. The molecule has 12 heteroatoms. The molecule has 276 valence electrons. The number of hydrogen-bond donors (Lipinski definition) is 1. The summed E-state index contributed by atoms with van der Waals surface area (Å²) >= 11 is 13.2. The number of nitrogens with zero attached hydrogens (tertiary/aromatic N) is 6. The van der Waals surface area contributed by atoms with E-state index < -0.39 is 5.82 Å². The van der Waals surface area contributed by atoms with Crippen LogP contribution in [0.25, 0.3) is 32.9 Å². The molecule has 6 aliphatic rings. The van der Waals surface area contributed by atoms with E-state index in [9.17, 15) is 10.1 Å². The van der Waals surface area contributed by atoms with Gasteiger partial charge < -0.3 is 24.4 Å². The van der Waals surface area contributed by atoms with Crippen LogP contribution in [0.1, 0.15) is 61.1 Å². The van der Waals surface area contributed by atoms with Crippen molar-refractivity contribution in [2.24, 2.45) is 17.8 Å². The van der Waals surface area contributed by atoms with Crippen LogP contribution < -0.4 is 15.0 Å². The maximum Gasteiger partial charge on any atom is 0.226 e. The number of rotatable bonds is 8. The molecule has 2 saturated carbocycles. The van der Waals surface area contributed by atoms with E-state index in [2.05, 4.69) is 42.9 Å². The molecule has 6 fully saturated rings. The second kappa shape index (κ2) is 12.8. The van der Waals surface area contributed by atoms with E-state index >= 15 is 4.39 Å². The molecule has 6 atom stereocenters. The Hall–Kier alpha value is -4.43. The Labute approximate surface area is 323 Å². The fraction of sp³-hybridized carbons (Fsp3) is 0.429. The average molecular weight is 765 g/mol. The molecule has 2 aromatic carbocycles. The van der Waals surface area contributed by atoms with Crippen LogP contribution in [0, 0.1) is 41.8 Å². The number of benzene rings is 2. The minimum Gasteiger partial charge on any atom is -0.481 e. The van der Waals surface area contributed by atoms with Crippen LogP contribution in [0.2, 0.25) is 10.0 Å². The van der Waals surface area contributed by atoms with Gasteiger partial charge in [0.1, 0.15) is 5.52 Å². The van der Waals surface area contributed by atoms with Crippen LogP contribution in [0.15, 0.2) is 48.7 Å². The van der Waals surface area contributed by atoms with Gasteiger partial charge in [-0.15, -0.1) is 0 Å². The van der Waals surface area contributed by atoms with Crippen molar-refractivity contribution < 1.29 is 13.9 Å². The number of aromatic nitrogens is 3. The summed E-state index contributed by atoms with van der Waals surface area (Å²) in [5.41, 5.74) is 5.59. The molecule has 4 aliphatic heterocycles. The van der Waals surface area contributed by atoms with Crippen molar-refractivity contribution in [3.63, 3.8) is 0 Å². The zero-order chi connectivity index (χ0) is 37.0. The lowest BCUT2D eigenvalue weighted by Gasteiger charge is -2.40. The number of aryl methyl sites for hydroxylation is 2. The molecule has 0 spiro atoms. The number of carbonyl (C=O) groups excluding carboxylic acids is 1. The van der Waals surface area contributed by atoms with Crippen LogP contribution in [-0.2, 0) is 11.2 Å². The average Bonchev–Trinajstić information content (AvgIpc) is 3.46. The lowest BCUT2D eigenvalue weighted by Crippen LogP contribution is -2.45. The Balaban J connectivity index is 1.20. The smallest absolute Gasteiger partial charge is 0.226 e. The summed E-state index contributed by atoms with van der Waals surface area (Å²) in [5, 5.41) is 15.7. The largest absolute Gasteiger partial charge is 0.481 e. The molecule has 1 amide bonds. The van der Waals surface area contributed by atoms with E-state index in [1.807, 2.05) is 25.3 Å². The fourth-order valence-corrected chi connectivity index (χ4v) is 10.6. The van der Waals surface area contributed by atoms with Gasteiger partial charge in [-0.3, -0.25) is 4.79 Å². The molecule has 2 aliphatic carbocycles. The number of piperidine rings is 1. The van der Waals surface area contributed by atoms with Crippen molar-refractivity contribution in [1.29, 1.82) is 5.26 Å². The zero-order valence-electron chi connectivity index (χ0n) is 30.2. The van der Waals surface area contributed by atoms with Gasteiger partial charge in [0.05, 0.1) is 58.8 Å². The van der Waals surface area contributed by atoms with Crippen LogP contribution in [-0.4, -0.2) is 64.2 Å². The van der Waals surface area contributed by atoms with Gasteiger partial charge in [0, 0.05) is 83.3 Å². The monoisotopic (exact) mass is 763 g/mol. The van der Waals surface area contributed by atoms with E-state index in [4.69, 9.17) is 32.9 Å². The van der Waals surface area contributed by atoms with Gasteiger partial charge in [0.2, 0.25) is 11.8 Å². The van der Waals surface area contributed by atoms with Crippen molar-refractivity contribution in [1.82, 2.24) is 24.8 Å². The predicted octanol–water partition coefficient (Wildman–Crippen LogP) is 8.19. The number of ether oxygens (including phenoxy) is 1. The maximum absolute atomic E-state index is 17.3. The Morgan fingerprint density at radius 1 is 1.11 bits per heavy atom. The molecule has 4 saturated heterocycles. The number of halogens is 3. The van der Waals surface area contributed by atoms with Gasteiger partial charge in [-0.25, -0.2) is 14.4 Å². The van der Waals surface area contributed by atoms with Crippen molar-refractivity contribution in [2.75, 3.05) is 31.6 Å². The summed E-state index contributed by atoms with van der Waals surface area (Å²) in [5.74, 6) is 1.03. The standard InChI is InChI=1S/C42H40Cl2FN7O2/c1-21-29-16-33(40-25-13-27(51(40)42(53)22-8-9-22)20-50(19-25)26-10-11-34(54-2)48-18-26)52(39-24-15-32(39)47-17-24)41(29)30-14-23(5-4-12-46)35(37(45)38(30)49-21)28-6-3-7-31(43)36(28)44/h3,6-7,10-11,14,16,18,22,24-25,27,32,39-40,47H,4-5,8-9,13,15,17,19-20H2,1-2H3. The minimum atomic E-state index is -0.468. The van der Waals surface area contributed by atoms with E-state index in [-0.39, 0.29) is 58.9 Å². The van der Waals surface area contributed by atoms with Crippen molar-refractivity contribution in [3.05, 3.63) is 81.5 Å². The first kappa shape index (κ1) is 34.1. The van der Waals surface area contributed by atoms with Gasteiger partial charge >= 0.3 is 0 Å². The quantitative estimate of drug-likeness (QED) is 0.170. The first-order chi connectivity index (χ1) is 26.2. The van der Waals surface area contributed by atoms with Gasteiger partial charge in [-0.2, -0.15) is 5.26 Å². The fourth-order valence-electron chi connectivity index (χ4n) is 10.2. The van der Waals surface area contributed by atoms with E-state index in [1.165, 1.54) is 0 Å². The molecule has 3 aromatic heterocycles. The van der Waals surface area contributed by atoms with E-state index in [1.54, 1.807) is 25.3 Å². The highest BCUT2D eigenvalue weighted by molar-refractivity contribution is 6.43. The summed E-state index contributed by atoms with van der Waals surface area (Å²) < 4.78 is 25.1. The second-order valence-corrected chi connectivity index (χ2v) is 16.6. The number of hydrogen-bond acceptors (Lipinski definition) is 7. The van der Waals surface area contributed by atoms with Gasteiger partial charge in [-0.05, 0) is 74.8 Å². The number of methoxy groups -OCH3 is 1. The van der Waals surface area contributed by atoms with Crippen LogP contribution in [0.3, 0.4) is 0 Å². The van der Waals surface area contributed by atoms with Gasteiger partial charge in [-0.1, -0.05) is 35.3 Å². The third kappa shape index (κ3) is 5.15. The molecule has 0 radical (unpaired) electrons. The summed E-state index contributed by atoms with van der Waals surface area (Å²) in [6, 6.07) is 16.1. The summed E-state index contributed by atoms with van der Waals surface area (Å²) in [4.78, 5) is 28.5. The highest BCUT2D eigenvalue weighted by Gasteiger charge is 2.55. The van der Waals surface area contributed by atoms with Gasteiger partial charge in [0.25, 0.3) is 0 Å². The van der Waals surface area contributed by atoms with Crippen LogP contribution in [0.4, 0.5) is 10.1 Å². The molecule has 5 aromatic rings. The van der Waals surface area contributed by atoms with Crippen molar-refractivity contribution >= 4 is 56.6 Å². The third-order valence-corrected chi connectivity index (χ3v) is 13.6. The number of amides is 1. The minimum absolute atomic E-state index is 0.0580. The highest BCUT2D eigenvalue weighted by atomic mass is 35.5. The Bertz CT molecular complexity index is 2390. The number of anilines is 1. The molecule has 4 bridgehead atoms. The lowest BCUT2D eigenvalue weighted by molar-refractivity contribution is -0.135. The SMILES string of the molecule is COc1ccc(N2CC3CC(C2)N(C(=O)C2CC2)C3c2cc3c(C)nc4c(F)c(-c5cccc(Cl)c5Cl)c(CCC#N)cc4c3n2C2C3CNC2C3)cn1. The topological polar surface area (TPSA) is 99.3 Å². The number of likely N-dealkylation sites (tertiary alicyclic amines) is 1. The number of carbonyl (C=O) groups is 1. The molecule has 11 rings (SSSR count). The van der Waals surface area contributed by atoms with Crippen molar-refractivity contribution in [2.45, 2.75) is 69.6 Å². The molecule has 6 unspecified atom stereocenters. The summed E-state index contributed by atoms with van der Waals surface area (Å²) in [6.45, 7) is 4.41. The number of nitriles is 1. The van der Waals surface area contributed by atoms with E-state index in [0.29, 0.717) is 45.3 Å². The maximum atomic E-state index is 17.3. The van der Waals surface area contributed by atoms with E-state index in [0.717, 1.165) is 73.3 Å². The summed E-state index contributed by atoms with van der Waals surface area (Å²) in [7, 11) is 1.62. The second-order valence-electron chi connectivity index (χ2n) is 15.9. The predicted molar refractivity (Wildman–Crippen MR) is 207 cm³/mol.